The summed E-state index contributed by atoms with van der Waals surface area (Å²) in [6.07, 6.45) is 5.39. The molecule has 0 fully saturated rings. The number of rotatable bonds is 8. The monoisotopic (exact) mass is 500 g/mol. The van der Waals surface area contributed by atoms with E-state index < -0.39 is 17.4 Å². The number of carbonyl (C=O) groups is 1. The summed E-state index contributed by atoms with van der Waals surface area (Å²) in [5.41, 5.74) is 2.62. The molecule has 0 amide bonds. The fraction of sp³-hybridized carbons (Fsp3) is 0.250. The maximum Gasteiger partial charge on any atom is 0.303 e. The maximum atomic E-state index is 13.6. The van der Waals surface area contributed by atoms with Gasteiger partial charge in [-0.15, -0.1) is 0 Å². The minimum atomic E-state index is -0.870. The highest BCUT2D eigenvalue weighted by Gasteiger charge is 2.36. The number of aryl methyl sites for hydroxylation is 1. The summed E-state index contributed by atoms with van der Waals surface area (Å²) in [4.78, 5) is 39.2. The van der Waals surface area contributed by atoms with E-state index in [2.05, 4.69) is 10.1 Å². The van der Waals surface area contributed by atoms with Gasteiger partial charge in [-0.1, -0.05) is 11.2 Å². The molecule has 9 heteroatoms. The van der Waals surface area contributed by atoms with E-state index in [9.17, 15) is 14.0 Å². The Hall–Kier alpha value is -4.40. The highest BCUT2D eigenvalue weighted by molar-refractivity contribution is 6.04. The Morgan fingerprint density at radius 1 is 1.11 bits per heavy atom. The van der Waals surface area contributed by atoms with Crippen LogP contribution >= 0.6 is 0 Å². The van der Waals surface area contributed by atoms with Gasteiger partial charge < -0.3 is 9.94 Å². The fourth-order valence-electron chi connectivity index (χ4n) is 4.55. The van der Waals surface area contributed by atoms with Crippen molar-refractivity contribution in [3.05, 3.63) is 100 Å². The summed E-state index contributed by atoms with van der Waals surface area (Å²) in [5, 5.41) is 13.7. The largest absolute Gasteiger partial charge is 0.481 e. The van der Waals surface area contributed by atoms with Gasteiger partial charge in [-0.25, -0.2) is 9.37 Å². The number of pyridine rings is 1. The first kappa shape index (κ1) is 24.3. The molecule has 1 unspecified atom stereocenters. The Bertz CT molecular complexity index is 1550. The molecule has 188 valence electrons. The molecule has 0 spiro atoms. The quantitative estimate of drug-likeness (QED) is 0.350. The number of benzene rings is 2. The number of aliphatic carboxylic acids is 1. The first-order chi connectivity index (χ1) is 17.8. The van der Waals surface area contributed by atoms with Gasteiger partial charge in [0.25, 0.3) is 5.56 Å². The Morgan fingerprint density at radius 3 is 2.59 bits per heavy atom. The predicted molar refractivity (Wildman–Crippen MR) is 136 cm³/mol. The van der Waals surface area contributed by atoms with Gasteiger partial charge >= 0.3 is 5.97 Å². The van der Waals surface area contributed by atoms with Crippen LogP contribution in [0.2, 0.25) is 0 Å². The highest BCUT2D eigenvalue weighted by Crippen LogP contribution is 2.36. The summed E-state index contributed by atoms with van der Waals surface area (Å²) < 4.78 is 15.0. The smallest absolute Gasteiger partial charge is 0.303 e. The number of nitrogens with zero attached hydrogens (tertiary/aromatic N) is 4. The lowest BCUT2D eigenvalue weighted by atomic mass is 9.89. The Balaban J connectivity index is 1.52. The third-order valence-electron chi connectivity index (χ3n) is 6.55. The van der Waals surface area contributed by atoms with Crippen LogP contribution in [0.1, 0.15) is 49.6 Å². The average Bonchev–Trinajstić information content (AvgIpc) is 3.31. The van der Waals surface area contributed by atoms with Crippen LogP contribution in [0.15, 0.2) is 76.9 Å². The lowest BCUT2D eigenvalue weighted by Crippen LogP contribution is -2.24. The summed E-state index contributed by atoms with van der Waals surface area (Å²) >= 11 is 0. The molecule has 1 N–H and O–H groups in total. The van der Waals surface area contributed by atoms with Crippen LogP contribution in [-0.2, 0) is 21.7 Å². The minimum absolute atomic E-state index is 0.0363. The zero-order chi connectivity index (χ0) is 26.0. The molecule has 1 aliphatic heterocycles. The number of unbranched alkanes of at least 4 members (excludes halogenated alkanes) is 1. The van der Waals surface area contributed by atoms with Crippen LogP contribution in [0.25, 0.3) is 16.6 Å². The van der Waals surface area contributed by atoms with Crippen molar-refractivity contribution in [3.63, 3.8) is 0 Å². The second kappa shape index (κ2) is 9.93. The molecule has 0 bridgehead atoms. The summed E-state index contributed by atoms with van der Waals surface area (Å²) in [7, 11) is 0. The standard InChI is InChI=1S/C28H25FN4O4/c1-28(19-12-14-30-15-13-19)17-24(32-37-28)18-6-11-22-23(16-18)31-25(4-2-3-5-26(34)35)33(27(22)36)21-9-7-20(29)8-10-21/h6-16H,2-5,17H2,1H3,(H,34,35). The van der Waals surface area contributed by atoms with E-state index in [1.165, 1.54) is 28.8 Å². The number of halogens is 1. The van der Waals surface area contributed by atoms with Crippen molar-refractivity contribution < 1.29 is 19.1 Å². The number of hydrogen-bond donors (Lipinski definition) is 1. The molecule has 2 aromatic heterocycles. The first-order valence-corrected chi connectivity index (χ1v) is 12.0. The third kappa shape index (κ3) is 4.97. The number of hydrogen-bond acceptors (Lipinski definition) is 6. The van der Waals surface area contributed by atoms with Gasteiger partial charge in [0, 0.05) is 42.8 Å². The van der Waals surface area contributed by atoms with Crippen molar-refractivity contribution in [1.29, 1.82) is 0 Å². The van der Waals surface area contributed by atoms with Crippen LogP contribution in [0, 0.1) is 5.82 Å². The van der Waals surface area contributed by atoms with E-state index in [1.54, 1.807) is 18.5 Å². The summed E-state index contributed by atoms with van der Waals surface area (Å²) in [5.74, 6) is -0.792. The zero-order valence-corrected chi connectivity index (χ0v) is 20.2. The molecule has 0 saturated carbocycles. The van der Waals surface area contributed by atoms with E-state index in [-0.39, 0.29) is 12.0 Å². The van der Waals surface area contributed by atoms with E-state index >= 15 is 0 Å². The Labute approximate surface area is 212 Å². The van der Waals surface area contributed by atoms with E-state index in [0.717, 1.165) is 16.8 Å². The highest BCUT2D eigenvalue weighted by atomic mass is 19.1. The molecule has 0 saturated heterocycles. The van der Waals surface area contributed by atoms with Gasteiger partial charge in [0.2, 0.25) is 0 Å². The van der Waals surface area contributed by atoms with Crippen LogP contribution in [0.5, 0.6) is 0 Å². The lowest BCUT2D eigenvalue weighted by Gasteiger charge is -2.21. The number of carboxylic acids is 1. The molecule has 2 aromatic carbocycles. The van der Waals surface area contributed by atoms with Crippen LogP contribution < -0.4 is 5.56 Å². The van der Waals surface area contributed by atoms with Crippen molar-refractivity contribution in [2.24, 2.45) is 5.16 Å². The topological polar surface area (TPSA) is 107 Å². The normalized spacial score (nSPS) is 17.0. The molecular weight excluding hydrogens is 475 g/mol. The number of carboxylic acid groups (broad SMARTS) is 1. The molecule has 4 aromatic rings. The molecule has 37 heavy (non-hydrogen) atoms. The molecule has 1 atom stereocenters. The number of oxime groups is 1. The molecule has 1 aliphatic rings. The fourth-order valence-corrected chi connectivity index (χ4v) is 4.55. The second-order valence-corrected chi connectivity index (χ2v) is 9.25. The van der Waals surface area contributed by atoms with Crippen molar-refractivity contribution >= 4 is 22.6 Å². The van der Waals surface area contributed by atoms with E-state index in [1.807, 2.05) is 31.2 Å². The van der Waals surface area contributed by atoms with Gasteiger partial charge in [-0.3, -0.25) is 19.1 Å². The zero-order valence-electron chi connectivity index (χ0n) is 20.2. The Morgan fingerprint density at radius 2 is 1.86 bits per heavy atom. The van der Waals surface area contributed by atoms with Crippen LogP contribution in [0.3, 0.4) is 0 Å². The number of aromatic nitrogens is 3. The molecule has 0 aliphatic carbocycles. The summed E-state index contributed by atoms with van der Waals surface area (Å²) in [6, 6.07) is 14.8. The molecule has 0 radical (unpaired) electrons. The van der Waals surface area contributed by atoms with Crippen LogP contribution in [0.4, 0.5) is 4.39 Å². The molecule has 8 nitrogen and oxygen atoms in total. The second-order valence-electron chi connectivity index (χ2n) is 9.25. The number of fused-ring (bicyclic) bond motifs is 1. The van der Waals surface area contributed by atoms with Gasteiger partial charge in [-0.05, 0) is 68.3 Å². The van der Waals surface area contributed by atoms with Crippen molar-refractivity contribution in [2.75, 3.05) is 0 Å². The first-order valence-electron chi connectivity index (χ1n) is 12.0. The van der Waals surface area contributed by atoms with Gasteiger partial charge in [0.05, 0.1) is 22.3 Å². The molecule has 5 rings (SSSR count). The molecule has 3 heterocycles. The molecular formula is C28H25FN4O4. The lowest BCUT2D eigenvalue weighted by molar-refractivity contribution is -0.137. The summed E-state index contributed by atoms with van der Waals surface area (Å²) in [6.45, 7) is 1.97. The van der Waals surface area contributed by atoms with Crippen molar-refractivity contribution in [2.45, 2.75) is 44.6 Å². The average molecular weight is 501 g/mol. The predicted octanol–water partition coefficient (Wildman–Crippen LogP) is 4.76. The van der Waals surface area contributed by atoms with Crippen LogP contribution in [-0.4, -0.2) is 31.3 Å². The van der Waals surface area contributed by atoms with Gasteiger partial charge in [0.15, 0.2) is 5.60 Å². The van der Waals surface area contributed by atoms with E-state index in [0.29, 0.717) is 48.1 Å². The van der Waals surface area contributed by atoms with Crippen molar-refractivity contribution in [1.82, 2.24) is 14.5 Å². The SMILES string of the molecule is CC1(c2ccncc2)CC(c2ccc3c(=O)n(-c4ccc(F)cc4)c(CCCCC(=O)O)nc3c2)=NO1. The van der Waals surface area contributed by atoms with Gasteiger partial charge in [0.1, 0.15) is 11.6 Å². The van der Waals surface area contributed by atoms with Gasteiger partial charge in [-0.2, -0.15) is 0 Å². The van der Waals surface area contributed by atoms with Crippen molar-refractivity contribution in [3.8, 4) is 5.69 Å². The third-order valence-corrected chi connectivity index (χ3v) is 6.55. The maximum absolute atomic E-state index is 13.6. The van der Waals surface area contributed by atoms with E-state index in [4.69, 9.17) is 14.9 Å². The Kier molecular flexibility index (Phi) is 6.52. The minimum Gasteiger partial charge on any atom is -0.481 e.